The highest BCUT2D eigenvalue weighted by Gasteiger charge is 2.79. The van der Waals surface area contributed by atoms with E-state index in [1.165, 1.54) is 0 Å². The molecule has 0 radical (unpaired) electrons. The van der Waals surface area contributed by atoms with Gasteiger partial charge in [0.25, 0.3) is 0 Å². The summed E-state index contributed by atoms with van der Waals surface area (Å²) in [4.78, 5) is 38.9. The highest BCUT2D eigenvalue weighted by molar-refractivity contribution is 5.93. The summed E-state index contributed by atoms with van der Waals surface area (Å²) < 4.78 is 6.14. The summed E-state index contributed by atoms with van der Waals surface area (Å²) in [6, 6.07) is 0. The van der Waals surface area contributed by atoms with Crippen molar-refractivity contribution in [1.82, 2.24) is 0 Å². The van der Waals surface area contributed by atoms with Gasteiger partial charge >= 0.3 is 5.97 Å². The Hall–Kier alpha value is -1.45. The molecule has 3 saturated carbocycles. The third-order valence-corrected chi connectivity index (χ3v) is 9.68. The summed E-state index contributed by atoms with van der Waals surface area (Å²) in [7, 11) is 0. The lowest BCUT2D eigenvalue weighted by molar-refractivity contribution is -0.166. The molecule has 0 amide bonds. The van der Waals surface area contributed by atoms with E-state index in [0.717, 1.165) is 19.3 Å². The van der Waals surface area contributed by atoms with E-state index in [1.54, 1.807) is 0 Å². The van der Waals surface area contributed by atoms with Gasteiger partial charge in [0.15, 0.2) is 0 Å². The number of ketones is 2. The Bertz CT molecular complexity index is 794. The van der Waals surface area contributed by atoms with Crippen LogP contribution < -0.4 is 0 Å². The highest BCUT2D eigenvalue weighted by atomic mass is 16.6. The number of esters is 1. The molecule has 0 aromatic heterocycles. The number of carbonyl (C=O) groups excluding carboxylic acids is 3. The number of ether oxygens (including phenoxy) is 1. The molecule has 5 rings (SSSR count). The van der Waals surface area contributed by atoms with Crippen molar-refractivity contribution in [3.05, 3.63) is 12.2 Å². The molecule has 0 unspecified atom stereocenters. The molecule has 5 aliphatic rings. The number of rotatable bonds is 0. The summed E-state index contributed by atoms with van der Waals surface area (Å²) in [5.41, 5.74) is -2.62. The van der Waals surface area contributed by atoms with Gasteiger partial charge in [0.05, 0.1) is 10.8 Å². The SMILES string of the molecule is CC1(C)C(=O)CC[C@H]2[C@]34CC[C@]5(C)C(=O)CC[C@@]5(C)[C@@H]3C=C[C@@]21OC4=O. The van der Waals surface area contributed by atoms with Crippen molar-refractivity contribution in [2.45, 2.75) is 71.8 Å². The molecule has 4 heteroatoms. The Morgan fingerprint density at radius 1 is 0.962 bits per heavy atom. The summed E-state index contributed by atoms with van der Waals surface area (Å²) in [6.07, 6.45) is 8.36. The minimum absolute atomic E-state index is 0.0253. The van der Waals surface area contributed by atoms with Gasteiger partial charge < -0.3 is 4.74 Å². The van der Waals surface area contributed by atoms with E-state index in [1.807, 2.05) is 19.9 Å². The van der Waals surface area contributed by atoms with Gasteiger partial charge in [0.2, 0.25) is 0 Å². The van der Waals surface area contributed by atoms with Gasteiger partial charge in [-0.15, -0.1) is 0 Å². The quantitative estimate of drug-likeness (QED) is 0.491. The van der Waals surface area contributed by atoms with Gasteiger partial charge in [0.1, 0.15) is 17.2 Å². The Kier molecular flexibility index (Phi) is 2.79. The molecule has 1 spiro atoms. The number of allylic oxidation sites excluding steroid dienone is 1. The van der Waals surface area contributed by atoms with E-state index < -0.39 is 16.4 Å². The van der Waals surface area contributed by atoms with Crippen molar-refractivity contribution in [3.8, 4) is 0 Å². The van der Waals surface area contributed by atoms with Crippen LogP contribution >= 0.6 is 0 Å². The first-order valence-electron chi connectivity index (χ1n) is 10.1. The third-order valence-electron chi connectivity index (χ3n) is 9.68. The highest BCUT2D eigenvalue weighted by Crippen LogP contribution is 2.75. The van der Waals surface area contributed by atoms with Crippen molar-refractivity contribution >= 4 is 17.5 Å². The van der Waals surface area contributed by atoms with Crippen LogP contribution in [0.4, 0.5) is 0 Å². The van der Waals surface area contributed by atoms with Crippen LogP contribution in [0.25, 0.3) is 0 Å². The zero-order valence-corrected chi connectivity index (χ0v) is 16.2. The van der Waals surface area contributed by atoms with Gasteiger partial charge in [-0.2, -0.15) is 0 Å². The number of Topliss-reactive ketones (excluding diaryl/α,β-unsaturated/α-hetero) is 2. The second-order valence-electron chi connectivity index (χ2n) is 10.4. The lowest BCUT2D eigenvalue weighted by atomic mass is 9.39. The van der Waals surface area contributed by atoms with Crippen LogP contribution in [0.5, 0.6) is 0 Å². The van der Waals surface area contributed by atoms with Crippen molar-refractivity contribution < 1.29 is 19.1 Å². The topological polar surface area (TPSA) is 60.4 Å². The fourth-order valence-electron chi connectivity index (χ4n) is 7.64. The van der Waals surface area contributed by atoms with Crippen LogP contribution in [0.3, 0.4) is 0 Å². The minimum atomic E-state index is -0.803. The predicted molar refractivity (Wildman–Crippen MR) is 95.1 cm³/mol. The third kappa shape index (κ3) is 1.37. The fourth-order valence-corrected chi connectivity index (χ4v) is 7.64. The number of fused-ring (bicyclic) bond motifs is 2. The molecule has 4 nitrogen and oxygen atoms in total. The standard InChI is InChI=1S/C22H28O4/c1-18(2)15(23)6-5-14-21-12-11-20(4)16(24)8-9-19(20,3)13(21)7-10-22(14,18)26-17(21)25/h7,10,13-14H,5-6,8-9,11-12H2,1-4H3/t13-,14-,19-,20+,21-,22+/m0/s1. The first-order chi connectivity index (χ1) is 12.1. The lowest BCUT2D eigenvalue weighted by Gasteiger charge is -2.60. The first kappa shape index (κ1) is 16.7. The van der Waals surface area contributed by atoms with Crippen LogP contribution in [0, 0.1) is 33.5 Å². The number of carbonyl (C=O) groups is 3. The fraction of sp³-hybridized carbons (Fsp3) is 0.773. The van der Waals surface area contributed by atoms with Crippen molar-refractivity contribution in [3.63, 3.8) is 0 Å². The molecule has 4 aliphatic carbocycles. The van der Waals surface area contributed by atoms with Crippen LogP contribution in [-0.2, 0) is 19.1 Å². The smallest absolute Gasteiger partial charge is 0.314 e. The average Bonchev–Trinajstić information content (AvgIpc) is 2.91. The Morgan fingerprint density at radius 2 is 1.69 bits per heavy atom. The lowest BCUT2D eigenvalue weighted by Crippen LogP contribution is -2.64. The van der Waals surface area contributed by atoms with Crippen LogP contribution in [0.2, 0.25) is 0 Å². The maximum atomic E-state index is 13.4. The molecule has 0 N–H and O–H groups in total. The zero-order valence-electron chi connectivity index (χ0n) is 16.2. The summed E-state index contributed by atoms with van der Waals surface area (Å²) in [5, 5.41) is 0. The van der Waals surface area contributed by atoms with E-state index in [9.17, 15) is 14.4 Å². The van der Waals surface area contributed by atoms with Crippen LogP contribution in [0.1, 0.15) is 66.2 Å². The van der Waals surface area contributed by atoms with Gasteiger partial charge in [-0.05, 0) is 56.9 Å². The van der Waals surface area contributed by atoms with Gasteiger partial charge in [0, 0.05) is 24.2 Å². The van der Waals surface area contributed by atoms with Gasteiger partial charge in [-0.3, -0.25) is 14.4 Å². The van der Waals surface area contributed by atoms with E-state index in [-0.39, 0.29) is 34.4 Å². The molecule has 0 aromatic rings. The van der Waals surface area contributed by atoms with Crippen LogP contribution in [-0.4, -0.2) is 23.1 Å². The molecule has 2 bridgehead atoms. The molecule has 26 heavy (non-hydrogen) atoms. The van der Waals surface area contributed by atoms with E-state index >= 15 is 0 Å². The van der Waals surface area contributed by atoms with Gasteiger partial charge in [-0.25, -0.2) is 0 Å². The molecule has 1 saturated heterocycles. The molecule has 0 aromatic carbocycles. The Morgan fingerprint density at radius 3 is 2.42 bits per heavy atom. The van der Waals surface area contributed by atoms with Crippen LogP contribution in [0.15, 0.2) is 12.2 Å². The molecule has 6 atom stereocenters. The minimum Gasteiger partial charge on any atom is -0.453 e. The van der Waals surface area contributed by atoms with E-state index in [4.69, 9.17) is 4.74 Å². The molecule has 140 valence electrons. The largest absolute Gasteiger partial charge is 0.453 e. The zero-order chi connectivity index (χ0) is 18.8. The van der Waals surface area contributed by atoms with Crippen molar-refractivity contribution in [1.29, 1.82) is 0 Å². The summed E-state index contributed by atoms with van der Waals surface area (Å²) in [6.45, 7) is 8.20. The second kappa shape index (κ2) is 4.34. The molecule has 1 aliphatic heterocycles. The predicted octanol–water partition coefficient (Wildman–Crippen LogP) is 3.63. The van der Waals surface area contributed by atoms with Gasteiger partial charge in [-0.1, -0.05) is 19.9 Å². The monoisotopic (exact) mass is 356 g/mol. The Labute approximate surface area is 154 Å². The molecule has 4 fully saturated rings. The molecule has 1 heterocycles. The summed E-state index contributed by atoms with van der Waals surface area (Å²) >= 11 is 0. The number of hydrogen-bond acceptors (Lipinski definition) is 4. The first-order valence-corrected chi connectivity index (χ1v) is 10.1. The normalized spacial score (nSPS) is 53.8. The molecular weight excluding hydrogens is 328 g/mol. The summed E-state index contributed by atoms with van der Waals surface area (Å²) in [5.74, 6) is 0.484. The maximum Gasteiger partial charge on any atom is 0.314 e. The Balaban J connectivity index is 1.74. The molecular formula is C22H28O4. The van der Waals surface area contributed by atoms with Crippen molar-refractivity contribution in [2.24, 2.45) is 33.5 Å². The van der Waals surface area contributed by atoms with E-state index in [0.29, 0.717) is 25.0 Å². The maximum absolute atomic E-state index is 13.4. The van der Waals surface area contributed by atoms with Crippen molar-refractivity contribution in [2.75, 3.05) is 0 Å². The second-order valence-corrected chi connectivity index (χ2v) is 10.4. The number of hydrogen-bond donors (Lipinski definition) is 0. The van der Waals surface area contributed by atoms with E-state index in [2.05, 4.69) is 19.9 Å². The average molecular weight is 356 g/mol.